The monoisotopic (exact) mass is 332 g/mol. The van der Waals surface area contributed by atoms with Crippen LogP contribution in [0, 0.1) is 0 Å². The molecule has 2 aromatic carbocycles. The highest BCUT2D eigenvalue weighted by Crippen LogP contribution is 2.14. The smallest absolute Gasteiger partial charge is 0.251 e. The van der Waals surface area contributed by atoms with Gasteiger partial charge in [0.1, 0.15) is 18.5 Å². The predicted molar refractivity (Wildman–Crippen MR) is 93.2 cm³/mol. The first-order chi connectivity index (χ1) is 12.2. The van der Waals surface area contributed by atoms with E-state index in [0.717, 1.165) is 22.5 Å². The molecular weight excluding hydrogens is 316 g/mol. The molecule has 0 spiro atoms. The van der Waals surface area contributed by atoms with Gasteiger partial charge in [0.15, 0.2) is 0 Å². The molecule has 4 aromatic rings. The van der Waals surface area contributed by atoms with E-state index in [9.17, 15) is 4.79 Å². The van der Waals surface area contributed by atoms with Gasteiger partial charge in [0.2, 0.25) is 0 Å². The first-order valence-electron chi connectivity index (χ1n) is 7.86. The van der Waals surface area contributed by atoms with E-state index in [1.807, 2.05) is 48.0 Å². The topological polar surface area (TPSA) is 77.6 Å². The third-order valence-corrected chi connectivity index (χ3v) is 4.10. The van der Waals surface area contributed by atoms with Gasteiger partial charge < -0.3 is 9.88 Å². The molecule has 0 aliphatic rings. The van der Waals surface area contributed by atoms with Crippen molar-refractivity contribution in [3.05, 3.63) is 72.6 Å². The van der Waals surface area contributed by atoms with E-state index in [0.29, 0.717) is 12.1 Å². The number of imidazole rings is 1. The second-order valence-corrected chi connectivity index (χ2v) is 5.65. The number of carbonyl (C=O) groups excluding carboxylic acids is 1. The summed E-state index contributed by atoms with van der Waals surface area (Å²) >= 11 is 0. The Morgan fingerprint density at radius 1 is 1.12 bits per heavy atom. The maximum atomic E-state index is 12.4. The van der Waals surface area contributed by atoms with Crippen LogP contribution in [0.5, 0.6) is 0 Å². The summed E-state index contributed by atoms with van der Waals surface area (Å²) in [6.07, 6.45) is 3.08. The molecule has 7 nitrogen and oxygen atoms in total. The summed E-state index contributed by atoms with van der Waals surface area (Å²) in [4.78, 5) is 20.8. The van der Waals surface area contributed by atoms with Gasteiger partial charge in [-0.2, -0.15) is 5.10 Å². The molecule has 0 aliphatic heterocycles. The van der Waals surface area contributed by atoms with Crippen molar-refractivity contribution in [2.45, 2.75) is 6.54 Å². The summed E-state index contributed by atoms with van der Waals surface area (Å²) in [5.41, 5.74) is 3.40. The van der Waals surface area contributed by atoms with Crippen LogP contribution in [0.1, 0.15) is 16.2 Å². The number of hydrogen-bond acceptors (Lipinski definition) is 4. The molecule has 25 heavy (non-hydrogen) atoms. The molecule has 0 fully saturated rings. The van der Waals surface area contributed by atoms with E-state index in [1.165, 1.54) is 6.33 Å². The van der Waals surface area contributed by atoms with Crippen molar-refractivity contribution in [3.8, 4) is 5.69 Å². The molecule has 4 rings (SSSR count). The zero-order valence-electron chi connectivity index (χ0n) is 13.6. The van der Waals surface area contributed by atoms with Crippen LogP contribution in [0.4, 0.5) is 0 Å². The minimum absolute atomic E-state index is 0.141. The lowest BCUT2D eigenvalue weighted by atomic mass is 10.2. The second kappa shape index (κ2) is 6.20. The Kier molecular flexibility index (Phi) is 3.74. The lowest BCUT2D eigenvalue weighted by Crippen LogP contribution is -2.24. The molecule has 0 unspecified atom stereocenters. The average Bonchev–Trinajstić information content (AvgIpc) is 3.29. The van der Waals surface area contributed by atoms with Crippen LogP contribution in [0.15, 0.2) is 61.2 Å². The predicted octanol–water partition coefficient (Wildman–Crippen LogP) is 2.08. The highest BCUT2D eigenvalue weighted by molar-refractivity contribution is 5.94. The van der Waals surface area contributed by atoms with E-state index in [-0.39, 0.29) is 5.91 Å². The van der Waals surface area contributed by atoms with Gasteiger partial charge in [0.25, 0.3) is 5.91 Å². The van der Waals surface area contributed by atoms with E-state index in [1.54, 1.807) is 23.1 Å². The number of para-hydroxylation sites is 2. The number of nitrogens with zero attached hydrogens (tertiary/aromatic N) is 5. The third-order valence-electron chi connectivity index (χ3n) is 4.10. The molecule has 0 saturated heterocycles. The fraction of sp³-hybridized carbons (Fsp3) is 0.111. The summed E-state index contributed by atoms with van der Waals surface area (Å²) in [5.74, 6) is 0.672. The van der Waals surface area contributed by atoms with Crippen molar-refractivity contribution >= 4 is 16.9 Å². The first kappa shape index (κ1) is 15.1. The van der Waals surface area contributed by atoms with Gasteiger partial charge in [-0.3, -0.25) is 4.79 Å². The number of nitrogens with one attached hydrogen (secondary N) is 1. The lowest BCUT2D eigenvalue weighted by molar-refractivity contribution is 0.0949. The maximum Gasteiger partial charge on any atom is 0.251 e. The number of benzene rings is 2. The summed E-state index contributed by atoms with van der Waals surface area (Å²) in [6, 6.07) is 15.1. The number of carbonyl (C=O) groups is 1. The summed E-state index contributed by atoms with van der Waals surface area (Å²) in [7, 11) is 1.95. The molecule has 1 amide bonds. The van der Waals surface area contributed by atoms with Crippen molar-refractivity contribution in [3.63, 3.8) is 0 Å². The van der Waals surface area contributed by atoms with Crippen LogP contribution in [0.2, 0.25) is 0 Å². The Morgan fingerprint density at radius 3 is 2.64 bits per heavy atom. The fourth-order valence-corrected chi connectivity index (χ4v) is 2.72. The number of aryl methyl sites for hydroxylation is 1. The summed E-state index contributed by atoms with van der Waals surface area (Å²) in [6.45, 7) is 0.370. The van der Waals surface area contributed by atoms with E-state index in [2.05, 4.69) is 20.4 Å². The van der Waals surface area contributed by atoms with Crippen molar-refractivity contribution < 1.29 is 4.79 Å². The Bertz CT molecular complexity index is 1020. The molecule has 7 heteroatoms. The molecular formula is C18H16N6O. The van der Waals surface area contributed by atoms with Crippen molar-refractivity contribution in [2.75, 3.05) is 0 Å². The van der Waals surface area contributed by atoms with Crippen LogP contribution < -0.4 is 5.32 Å². The molecule has 124 valence electrons. The van der Waals surface area contributed by atoms with Gasteiger partial charge in [-0.05, 0) is 36.4 Å². The number of amides is 1. The van der Waals surface area contributed by atoms with Gasteiger partial charge >= 0.3 is 0 Å². The minimum Gasteiger partial charge on any atom is -0.345 e. The quantitative estimate of drug-likeness (QED) is 0.621. The summed E-state index contributed by atoms with van der Waals surface area (Å²) < 4.78 is 3.63. The second-order valence-electron chi connectivity index (χ2n) is 5.65. The number of rotatable bonds is 4. The van der Waals surface area contributed by atoms with Crippen LogP contribution in [0.3, 0.4) is 0 Å². The summed E-state index contributed by atoms with van der Waals surface area (Å²) in [5, 5.41) is 6.98. The first-order valence-corrected chi connectivity index (χ1v) is 7.86. The van der Waals surface area contributed by atoms with Gasteiger partial charge in [-0.15, -0.1) is 0 Å². The third kappa shape index (κ3) is 2.87. The van der Waals surface area contributed by atoms with Gasteiger partial charge in [-0.25, -0.2) is 14.6 Å². The zero-order valence-corrected chi connectivity index (χ0v) is 13.6. The van der Waals surface area contributed by atoms with Crippen LogP contribution in [-0.2, 0) is 13.6 Å². The van der Waals surface area contributed by atoms with Gasteiger partial charge in [0.05, 0.1) is 23.3 Å². The Labute approximate surface area is 143 Å². The molecule has 0 bridgehead atoms. The lowest BCUT2D eigenvalue weighted by Gasteiger charge is -2.07. The SMILES string of the molecule is Cn1c(CNC(=O)c2ccc(-n3cncn3)cc2)nc2ccccc21. The highest BCUT2D eigenvalue weighted by Gasteiger charge is 2.10. The van der Waals surface area contributed by atoms with Crippen molar-refractivity contribution in [1.29, 1.82) is 0 Å². The van der Waals surface area contributed by atoms with Crippen LogP contribution in [0.25, 0.3) is 16.7 Å². The number of fused-ring (bicyclic) bond motifs is 1. The number of aromatic nitrogens is 5. The number of hydrogen-bond donors (Lipinski definition) is 1. The minimum atomic E-state index is -0.141. The van der Waals surface area contributed by atoms with Gasteiger partial charge in [-0.1, -0.05) is 12.1 Å². The Hall–Kier alpha value is -3.48. The normalized spacial score (nSPS) is 10.9. The zero-order chi connectivity index (χ0) is 17.2. The van der Waals surface area contributed by atoms with Crippen LogP contribution in [-0.4, -0.2) is 30.2 Å². The average molecular weight is 332 g/mol. The molecule has 2 heterocycles. The molecule has 2 aromatic heterocycles. The maximum absolute atomic E-state index is 12.4. The largest absolute Gasteiger partial charge is 0.345 e. The highest BCUT2D eigenvalue weighted by atomic mass is 16.1. The molecule has 0 atom stereocenters. The molecule has 0 aliphatic carbocycles. The van der Waals surface area contributed by atoms with Crippen LogP contribution >= 0.6 is 0 Å². The molecule has 0 saturated carbocycles. The standard InChI is InChI=1S/C18H16N6O/c1-23-16-5-3-2-4-15(16)22-17(23)10-20-18(25)13-6-8-14(9-7-13)24-12-19-11-21-24/h2-9,11-12H,10H2,1H3,(H,20,25). The van der Waals surface area contributed by atoms with E-state index in [4.69, 9.17) is 0 Å². The Morgan fingerprint density at radius 2 is 1.92 bits per heavy atom. The van der Waals surface area contributed by atoms with Crippen molar-refractivity contribution in [2.24, 2.45) is 7.05 Å². The van der Waals surface area contributed by atoms with E-state index < -0.39 is 0 Å². The van der Waals surface area contributed by atoms with Gasteiger partial charge in [0, 0.05) is 12.6 Å². The van der Waals surface area contributed by atoms with E-state index >= 15 is 0 Å². The van der Waals surface area contributed by atoms with Crippen molar-refractivity contribution in [1.82, 2.24) is 29.6 Å². The fourth-order valence-electron chi connectivity index (χ4n) is 2.72. The Balaban J connectivity index is 1.47. The molecule has 0 radical (unpaired) electrons. The molecule has 1 N–H and O–H groups in total.